The molecular weight excluding hydrogens is 363 g/mol. The van der Waals surface area contributed by atoms with E-state index in [0.29, 0.717) is 6.54 Å². The third-order valence-electron chi connectivity index (χ3n) is 4.85. The SMILES string of the molecule is CCNC(=O)C1CCN(c2nc3ccc(-c4cccc(F)c4)nc3s2)CC1. The fourth-order valence-electron chi connectivity index (χ4n) is 3.40. The predicted molar refractivity (Wildman–Crippen MR) is 106 cm³/mol. The van der Waals surface area contributed by atoms with Crippen molar-refractivity contribution >= 4 is 32.7 Å². The van der Waals surface area contributed by atoms with Crippen molar-refractivity contribution in [1.29, 1.82) is 0 Å². The molecular formula is C20H21FN4OS. The third-order valence-corrected chi connectivity index (χ3v) is 5.88. The number of benzene rings is 1. The van der Waals surface area contributed by atoms with Crippen molar-refractivity contribution in [2.75, 3.05) is 24.5 Å². The van der Waals surface area contributed by atoms with E-state index in [0.717, 1.165) is 52.7 Å². The van der Waals surface area contributed by atoms with Crippen molar-refractivity contribution in [2.45, 2.75) is 19.8 Å². The molecule has 0 saturated carbocycles. The highest BCUT2D eigenvalue weighted by molar-refractivity contribution is 7.21. The van der Waals surface area contributed by atoms with Crippen molar-refractivity contribution in [2.24, 2.45) is 5.92 Å². The van der Waals surface area contributed by atoms with Crippen LogP contribution in [-0.2, 0) is 4.79 Å². The Hall–Kier alpha value is -2.54. The zero-order valence-electron chi connectivity index (χ0n) is 15.1. The molecule has 4 rings (SSSR count). The van der Waals surface area contributed by atoms with E-state index < -0.39 is 0 Å². The Morgan fingerprint density at radius 1 is 1.26 bits per heavy atom. The molecule has 0 spiro atoms. The van der Waals surface area contributed by atoms with E-state index in [1.165, 1.54) is 12.1 Å². The summed E-state index contributed by atoms with van der Waals surface area (Å²) in [6.07, 6.45) is 1.67. The quantitative estimate of drug-likeness (QED) is 0.742. The largest absolute Gasteiger partial charge is 0.356 e. The second kappa shape index (κ2) is 7.60. The Bertz CT molecular complexity index is 966. The van der Waals surface area contributed by atoms with E-state index in [-0.39, 0.29) is 17.6 Å². The number of aromatic nitrogens is 2. The summed E-state index contributed by atoms with van der Waals surface area (Å²) in [5, 5.41) is 3.84. The number of nitrogens with zero attached hydrogens (tertiary/aromatic N) is 3. The Balaban J connectivity index is 1.52. The van der Waals surface area contributed by atoms with E-state index in [1.54, 1.807) is 17.4 Å². The molecule has 7 heteroatoms. The number of amides is 1. The number of pyridine rings is 1. The van der Waals surface area contributed by atoms with Crippen LogP contribution in [0.4, 0.5) is 9.52 Å². The number of piperidine rings is 1. The lowest BCUT2D eigenvalue weighted by Crippen LogP contribution is -2.40. The summed E-state index contributed by atoms with van der Waals surface area (Å²) in [5.74, 6) is -0.0227. The van der Waals surface area contributed by atoms with Gasteiger partial charge in [-0.1, -0.05) is 23.5 Å². The molecule has 5 nitrogen and oxygen atoms in total. The number of fused-ring (bicyclic) bond motifs is 1. The molecule has 1 amide bonds. The monoisotopic (exact) mass is 384 g/mol. The topological polar surface area (TPSA) is 58.1 Å². The van der Waals surface area contributed by atoms with Crippen LogP contribution in [0.25, 0.3) is 21.6 Å². The number of hydrogen-bond donors (Lipinski definition) is 1. The number of anilines is 1. The zero-order valence-corrected chi connectivity index (χ0v) is 15.9. The molecule has 1 N–H and O–H groups in total. The molecule has 1 aliphatic heterocycles. The highest BCUT2D eigenvalue weighted by Crippen LogP contribution is 2.32. The van der Waals surface area contributed by atoms with Crippen molar-refractivity contribution in [3.63, 3.8) is 0 Å². The molecule has 0 aliphatic carbocycles. The van der Waals surface area contributed by atoms with Crippen LogP contribution in [0.5, 0.6) is 0 Å². The number of nitrogens with one attached hydrogen (secondary N) is 1. The van der Waals surface area contributed by atoms with Crippen LogP contribution < -0.4 is 10.2 Å². The number of hydrogen-bond acceptors (Lipinski definition) is 5. The van der Waals surface area contributed by atoms with E-state index in [9.17, 15) is 9.18 Å². The van der Waals surface area contributed by atoms with Crippen LogP contribution in [0.3, 0.4) is 0 Å². The third kappa shape index (κ3) is 3.78. The van der Waals surface area contributed by atoms with Gasteiger partial charge in [0.15, 0.2) is 5.13 Å². The lowest BCUT2D eigenvalue weighted by molar-refractivity contribution is -0.125. The van der Waals surface area contributed by atoms with Crippen molar-refractivity contribution in [3.05, 3.63) is 42.2 Å². The highest BCUT2D eigenvalue weighted by Gasteiger charge is 2.26. The van der Waals surface area contributed by atoms with Gasteiger partial charge in [0, 0.05) is 31.1 Å². The second-order valence-corrected chi connectivity index (χ2v) is 7.64. The maximum absolute atomic E-state index is 13.5. The normalized spacial score (nSPS) is 15.3. The first-order valence-corrected chi connectivity index (χ1v) is 10.0. The maximum atomic E-state index is 13.5. The molecule has 0 atom stereocenters. The summed E-state index contributed by atoms with van der Waals surface area (Å²) in [5.41, 5.74) is 2.35. The van der Waals surface area contributed by atoms with Gasteiger partial charge in [-0.25, -0.2) is 14.4 Å². The van der Waals surface area contributed by atoms with Gasteiger partial charge in [0.1, 0.15) is 16.2 Å². The molecule has 2 aromatic heterocycles. The molecule has 0 unspecified atom stereocenters. The average Bonchev–Trinajstić information content (AvgIpc) is 3.11. The molecule has 3 heterocycles. The molecule has 3 aromatic rings. The minimum Gasteiger partial charge on any atom is -0.356 e. The molecule has 1 fully saturated rings. The predicted octanol–water partition coefficient (Wildman–Crippen LogP) is 3.85. The van der Waals surface area contributed by atoms with Crippen LogP contribution in [-0.4, -0.2) is 35.5 Å². The highest BCUT2D eigenvalue weighted by atomic mass is 32.1. The van der Waals surface area contributed by atoms with E-state index in [4.69, 9.17) is 4.98 Å². The van der Waals surface area contributed by atoms with Crippen LogP contribution in [0.15, 0.2) is 36.4 Å². The van der Waals surface area contributed by atoms with Crippen LogP contribution in [0.1, 0.15) is 19.8 Å². The Morgan fingerprint density at radius 3 is 2.81 bits per heavy atom. The minimum atomic E-state index is -0.269. The number of carbonyl (C=O) groups excluding carboxylic acids is 1. The van der Waals surface area contributed by atoms with Crippen molar-refractivity contribution < 1.29 is 9.18 Å². The summed E-state index contributed by atoms with van der Waals surface area (Å²) < 4.78 is 13.5. The Morgan fingerprint density at radius 2 is 2.07 bits per heavy atom. The van der Waals surface area contributed by atoms with Gasteiger partial charge in [-0.3, -0.25) is 4.79 Å². The summed E-state index contributed by atoms with van der Waals surface area (Å²) in [6.45, 7) is 4.26. The Labute approximate surface area is 161 Å². The smallest absolute Gasteiger partial charge is 0.223 e. The van der Waals surface area contributed by atoms with Gasteiger partial charge >= 0.3 is 0 Å². The number of carbonyl (C=O) groups is 1. The standard InChI is InChI=1S/C20H21FN4OS/c1-2-22-18(26)13-8-10-25(11-9-13)20-24-17-7-6-16(23-19(17)27-20)14-4-3-5-15(21)12-14/h3-7,12-13H,2,8-11H2,1H3,(H,22,26). The van der Waals surface area contributed by atoms with E-state index >= 15 is 0 Å². The average molecular weight is 384 g/mol. The van der Waals surface area contributed by atoms with Gasteiger partial charge in [-0.05, 0) is 44.0 Å². The fraction of sp³-hybridized carbons (Fsp3) is 0.350. The summed E-state index contributed by atoms with van der Waals surface area (Å²) in [7, 11) is 0. The first-order valence-electron chi connectivity index (χ1n) is 9.20. The molecule has 27 heavy (non-hydrogen) atoms. The van der Waals surface area contributed by atoms with Gasteiger partial charge < -0.3 is 10.2 Å². The van der Waals surface area contributed by atoms with Crippen LogP contribution >= 0.6 is 11.3 Å². The first-order chi connectivity index (χ1) is 13.1. The van der Waals surface area contributed by atoms with Gasteiger partial charge in [0.25, 0.3) is 0 Å². The van der Waals surface area contributed by atoms with E-state index in [2.05, 4.69) is 15.2 Å². The van der Waals surface area contributed by atoms with Gasteiger partial charge in [-0.15, -0.1) is 0 Å². The number of thiazole rings is 1. The lowest BCUT2D eigenvalue weighted by Gasteiger charge is -2.30. The van der Waals surface area contributed by atoms with E-state index in [1.807, 2.05) is 25.1 Å². The maximum Gasteiger partial charge on any atom is 0.223 e. The zero-order chi connectivity index (χ0) is 18.8. The summed E-state index contributed by atoms with van der Waals surface area (Å²) in [6, 6.07) is 10.3. The first kappa shape index (κ1) is 17.9. The number of halogens is 1. The lowest BCUT2D eigenvalue weighted by atomic mass is 9.96. The van der Waals surface area contributed by atoms with Crippen molar-refractivity contribution in [3.8, 4) is 11.3 Å². The molecule has 140 valence electrons. The minimum absolute atomic E-state index is 0.0910. The number of rotatable bonds is 4. The molecule has 0 bridgehead atoms. The van der Waals surface area contributed by atoms with Crippen molar-refractivity contribution in [1.82, 2.24) is 15.3 Å². The Kier molecular flexibility index (Phi) is 5.03. The van der Waals surface area contributed by atoms with Gasteiger partial charge in [-0.2, -0.15) is 0 Å². The van der Waals surface area contributed by atoms with Crippen LogP contribution in [0.2, 0.25) is 0 Å². The molecule has 1 saturated heterocycles. The summed E-state index contributed by atoms with van der Waals surface area (Å²) >= 11 is 1.55. The second-order valence-electron chi connectivity index (χ2n) is 6.68. The van der Waals surface area contributed by atoms with Gasteiger partial charge in [0.2, 0.25) is 5.91 Å². The summed E-state index contributed by atoms with van der Waals surface area (Å²) in [4.78, 5) is 24.4. The van der Waals surface area contributed by atoms with Crippen LogP contribution in [0, 0.1) is 11.7 Å². The van der Waals surface area contributed by atoms with Gasteiger partial charge in [0.05, 0.1) is 5.69 Å². The molecule has 1 aromatic carbocycles. The molecule has 0 radical (unpaired) electrons. The fourth-order valence-corrected chi connectivity index (χ4v) is 4.39. The molecule has 1 aliphatic rings.